The largest absolute Gasteiger partial charge is 0.394 e. The predicted octanol–water partition coefficient (Wildman–Crippen LogP) is -3.10. The van der Waals surface area contributed by atoms with Crippen molar-refractivity contribution in [2.45, 2.75) is 272 Å². The number of hydrogen-bond donors (Lipinski definition) is 16. The van der Waals surface area contributed by atoms with E-state index in [1.807, 2.05) is 20.8 Å². The molecule has 0 aromatic carbocycles. The van der Waals surface area contributed by atoms with E-state index in [1.54, 1.807) is 0 Å². The molecule has 5 aliphatic heterocycles. The fraction of sp³-hybridized carbons (Fsp3) is 0.966. The molecule has 0 aromatic rings. The predicted molar refractivity (Wildman–Crippen MR) is 287 cm³/mol. The molecule has 4 saturated carbocycles. The topological polar surface area (TPSA) is 416 Å². The van der Waals surface area contributed by atoms with Gasteiger partial charge in [-0.1, -0.05) is 46.3 Å². The highest BCUT2D eigenvalue weighted by atomic mass is 16.8. The van der Waals surface area contributed by atoms with Gasteiger partial charge in [0.15, 0.2) is 31.5 Å². The molecule has 4 aliphatic carbocycles. The molecule has 0 aromatic heterocycles. The van der Waals surface area contributed by atoms with E-state index in [9.17, 15) is 81.7 Å². The Balaban J connectivity index is 0.895. The molecule has 5 saturated heterocycles. The lowest BCUT2D eigenvalue weighted by molar-refractivity contribution is -0.378. The normalized spacial score (nSPS) is 53.0. The second-order valence-electron chi connectivity index (χ2n) is 27.7. The molecule has 0 amide bonds. The van der Waals surface area contributed by atoms with Crippen LogP contribution in [-0.2, 0) is 47.4 Å². The van der Waals surface area contributed by atoms with Crippen molar-refractivity contribution in [2.24, 2.45) is 45.3 Å². The highest BCUT2D eigenvalue weighted by Gasteiger charge is 2.72. The average molecular weight is 1210 g/mol. The summed E-state index contributed by atoms with van der Waals surface area (Å²) in [4.78, 5) is 0. The van der Waals surface area contributed by atoms with Crippen LogP contribution in [-0.4, -0.2) is 274 Å². The van der Waals surface area contributed by atoms with Crippen LogP contribution in [0.5, 0.6) is 0 Å². The van der Waals surface area contributed by atoms with Gasteiger partial charge < -0.3 is 129 Å². The molecule has 486 valence electrons. The van der Waals surface area contributed by atoms with Crippen molar-refractivity contribution in [3.05, 3.63) is 11.6 Å². The molecular weight excluding hydrogens is 1110 g/mol. The maximum Gasteiger partial charge on any atom is 0.187 e. The highest BCUT2D eigenvalue weighted by Crippen LogP contribution is 2.76. The molecule has 0 bridgehead atoms. The zero-order valence-electron chi connectivity index (χ0n) is 49.5. The van der Waals surface area contributed by atoms with Gasteiger partial charge in [-0.3, -0.25) is 0 Å². The minimum absolute atomic E-state index is 0.0238. The molecule has 0 radical (unpaired) electrons. The van der Waals surface area contributed by atoms with Crippen LogP contribution in [0.2, 0.25) is 0 Å². The number of hydrogen-bond acceptors (Lipinski definition) is 26. The Morgan fingerprint density at radius 3 is 1.76 bits per heavy atom. The molecule has 5 heterocycles. The Morgan fingerprint density at radius 1 is 0.536 bits per heavy atom. The third-order valence-corrected chi connectivity index (χ3v) is 22.2. The molecular formula is C58H98O26. The maximum atomic E-state index is 12.9. The molecule has 16 N–H and O–H groups in total. The summed E-state index contributed by atoms with van der Waals surface area (Å²) >= 11 is 0. The van der Waals surface area contributed by atoms with E-state index in [1.165, 1.54) is 0 Å². The number of aliphatic hydroxyl groups excluding tert-OH is 16. The second kappa shape index (κ2) is 25.8. The van der Waals surface area contributed by atoms with Crippen LogP contribution in [0.25, 0.3) is 0 Å². The molecule has 0 spiro atoms. The summed E-state index contributed by atoms with van der Waals surface area (Å²) in [6.07, 6.45) is -29.8. The Morgan fingerprint density at radius 2 is 1.11 bits per heavy atom. The Hall–Kier alpha value is -1.30. The first kappa shape index (κ1) is 67.1. The lowest BCUT2D eigenvalue weighted by Gasteiger charge is -2.71. The lowest BCUT2D eigenvalue weighted by Crippen LogP contribution is -2.68. The lowest BCUT2D eigenvalue weighted by atomic mass is 9.35. The number of aliphatic hydroxyl groups is 16. The SMILES string of the molecule is CC(C)=CCC[C@](C)(O[C@@H]1O[C@H](CO[C@H]2OC[C@H](O[C@H]3OC[C@@H](O)[C@H](O)[C@H]3O)[C@H](O)[C@H]2O)[C@@H](O)[C@H](O)[C@H]1O)[C@H]1CC[C@]2(C)[C@@H]1[C@H](O)C[C@@H]1[C@]3(C)CC[C@@H](O[C@@H]4O[C@H](CO)[C@@H](O)[C@H](O)[C@H]4O[C@@H]4O[C@H](CO)[C@@H](O)[C@H](O)[C@H]4O)C(C)(C)[C@H]3CC[C@]12C. The second-order valence-corrected chi connectivity index (χ2v) is 27.7. The van der Waals surface area contributed by atoms with Crippen molar-refractivity contribution in [3.63, 3.8) is 0 Å². The summed E-state index contributed by atoms with van der Waals surface area (Å²) in [5.74, 6) is -0.533. The number of fused-ring (bicyclic) bond motifs is 5. The van der Waals surface area contributed by atoms with Crippen LogP contribution in [0.3, 0.4) is 0 Å². The van der Waals surface area contributed by atoms with Gasteiger partial charge in [0.05, 0.1) is 50.8 Å². The number of ether oxygens (including phenoxy) is 10. The van der Waals surface area contributed by atoms with Crippen molar-refractivity contribution in [3.8, 4) is 0 Å². The van der Waals surface area contributed by atoms with E-state index in [0.717, 1.165) is 24.8 Å². The first-order valence-electron chi connectivity index (χ1n) is 30.2. The van der Waals surface area contributed by atoms with Crippen molar-refractivity contribution < 1.29 is 129 Å². The van der Waals surface area contributed by atoms with Crippen LogP contribution in [0.15, 0.2) is 11.6 Å². The van der Waals surface area contributed by atoms with Gasteiger partial charge in [0.25, 0.3) is 0 Å². The van der Waals surface area contributed by atoms with E-state index >= 15 is 0 Å². The standard InChI is InChI=1S/C58H98O26/c1-24(2)10-9-14-58(8,84-52-47(74)42(69)39(66)30(81-52)22-76-49-45(72)40(67)31(23-77-49)80-50-44(71)36(63)27(62)21-75-50)25-11-16-57(7)35(25)26(61)18-33-55(5)15-13-34(54(3,4)32(55)12-17-56(33,57)6)82-53-48(43(70)38(65)29(20-60)79-53)83-51-46(73)41(68)37(64)28(19-59)78-51/h10,25-53,59-74H,9,11-23H2,1-8H3/t25-,26+,27+,28+,29+,30+,31-,32+,33+,34+,35-,36-,37+,38+,39+,40-,41-,42-,43-,44+,45+,46+,47+,48+,49-,50+,51-,52-,53-,55+,56+,57+,58-/m0/s1. The van der Waals surface area contributed by atoms with E-state index in [2.05, 4.69) is 40.7 Å². The summed E-state index contributed by atoms with van der Waals surface area (Å²) in [7, 11) is 0. The zero-order chi connectivity index (χ0) is 61.5. The maximum absolute atomic E-state index is 12.9. The number of rotatable bonds is 17. The molecule has 9 rings (SSSR count). The van der Waals surface area contributed by atoms with Gasteiger partial charge in [-0.25, -0.2) is 0 Å². The molecule has 26 nitrogen and oxygen atoms in total. The van der Waals surface area contributed by atoms with Crippen molar-refractivity contribution in [1.29, 1.82) is 0 Å². The zero-order valence-corrected chi connectivity index (χ0v) is 49.5. The average Bonchev–Trinajstić information content (AvgIpc) is 1.25. The van der Waals surface area contributed by atoms with Gasteiger partial charge in [0.1, 0.15) is 110 Å². The molecule has 9 fully saturated rings. The van der Waals surface area contributed by atoms with Gasteiger partial charge in [-0.15, -0.1) is 0 Å². The van der Waals surface area contributed by atoms with E-state index in [-0.39, 0.29) is 47.7 Å². The van der Waals surface area contributed by atoms with E-state index < -0.39 is 190 Å². The van der Waals surface area contributed by atoms with Crippen molar-refractivity contribution in [1.82, 2.24) is 0 Å². The third kappa shape index (κ3) is 12.0. The first-order valence-corrected chi connectivity index (χ1v) is 30.2. The van der Waals surface area contributed by atoms with Crippen molar-refractivity contribution in [2.75, 3.05) is 33.0 Å². The Labute approximate surface area is 490 Å². The van der Waals surface area contributed by atoms with Crippen LogP contribution < -0.4 is 0 Å². The summed E-state index contributed by atoms with van der Waals surface area (Å²) < 4.78 is 60.3. The van der Waals surface area contributed by atoms with Crippen LogP contribution in [0.4, 0.5) is 0 Å². The van der Waals surface area contributed by atoms with E-state index in [0.29, 0.717) is 38.5 Å². The number of allylic oxidation sites excluding steroid dienone is 2. The summed E-state index contributed by atoms with van der Waals surface area (Å²) in [5, 5.41) is 174. The summed E-state index contributed by atoms with van der Waals surface area (Å²) in [6.45, 7) is 14.5. The Kier molecular flexibility index (Phi) is 20.6. The quantitative estimate of drug-likeness (QED) is 0.0507. The van der Waals surface area contributed by atoms with Gasteiger partial charge in [-0.2, -0.15) is 0 Å². The summed E-state index contributed by atoms with van der Waals surface area (Å²) in [5.41, 5.74) is -1.68. The van der Waals surface area contributed by atoms with Crippen LogP contribution in [0, 0.1) is 45.3 Å². The van der Waals surface area contributed by atoms with Crippen LogP contribution >= 0.6 is 0 Å². The summed E-state index contributed by atoms with van der Waals surface area (Å²) in [6, 6.07) is 0. The molecule has 9 aliphatic rings. The minimum Gasteiger partial charge on any atom is -0.394 e. The molecule has 26 heteroatoms. The van der Waals surface area contributed by atoms with E-state index in [4.69, 9.17) is 47.4 Å². The van der Waals surface area contributed by atoms with Gasteiger partial charge in [-0.05, 0) is 124 Å². The Bertz CT molecular complexity index is 2210. The minimum atomic E-state index is -1.82. The molecule has 84 heavy (non-hydrogen) atoms. The fourth-order valence-electron chi connectivity index (χ4n) is 17.2. The molecule has 0 unspecified atom stereocenters. The van der Waals surface area contributed by atoms with Crippen LogP contribution in [0.1, 0.15) is 113 Å². The smallest absolute Gasteiger partial charge is 0.187 e. The van der Waals surface area contributed by atoms with Crippen molar-refractivity contribution >= 4 is 0 Å². The molecule has 33 atom stereocenters. The van der Waals surface area contributed by atoms with Gasteiger partial charge >= 0.3 is 0 Å². The monoisotopic (exact) mass is 1210 g/mol. The van der Waals surface area contributed by atoms with Gasteiger partial charge in [0.2, 0.25) is 0 Å². The van der Waals surface area contributed by atoms with Gasteiger partial charge in [0, 0.05) is 0 Å². The first-order chi connectivity index (χ1) is 39.4. The highest BCUT2D eigenvalue weighted by molar-refractivity contribution is 5.21. The fourth-order valence-corrected chi connectivity index (χ4v) is 17.2. The third-order valence-electron chi connectivity index (χ3n) is 22.2.